The predicted octanol–water partition coefficient (Wildman–Crippen LogP) is 5.64. The van der Waals surface area contributed by atoms with Crippen LogP contribution in [0.25, 0.3) is 21.5 Å². The Bertz CT molecular complexity index is 1230. The smallest absolute Gasteiger partial charge is 0.223 e. The number of anilines is 1. The van der Waals surface area contributed by atoms with E-state index in [2.05, 4.69) is 39.9 Å². The van der Waals surface area contributed by atoms with E-state index in [9.17, 15) is 9.18 Å². The van der Waals surface area contributed by atoms with Gasteiger partial charge in [0.1, 0.15) is 5.82 Å². The molecule has 0 aliphatic carbocycles. The fourth-order valence-corrected chi connectivity index (χ4v) is 5.17. The maximum atomic E-state index is 13.4. The summed E-state index contributed by atoms with van der Waals surface area (Å²) in [6, 6.07) is 20.9. The lowest BCUT2D eigenvalue weighted by Gasteiger charge is -2.33. The molecule has 1 aliphatic heterocycles. The van der Waals surface area contributed by atoms with Crippen LogP contribution >= 0.6 is 11.3 Å². The van der Waals surface area contributed by atoms with E-state index in [1.54, 1.807) is 17.4 Å². The first-order valence-corrected chi connectivity index (χ1v) is 11.8. The first-order chi connectivity index (χ1) is 15.7. The quantitative estimate of drug-likeness (QED) is 0.433. The number of pyridine rings is 1. The van der Waals surface area contributed by atoms with Gasteiger partial charge in [0.25, 0.3) is 0 Å². The van der Waals surface area contributed by atoms with Gasteiger partial charge < -0.3 is 10.2 Å². The SMILES string of the molecule is O=C(NCc1cccc(F)c1)C1CCN(c2cc(-c3ccccc3)nc3ccsc23)CC1. The number of hydrogen-bond donors (Lipinski definition) is 1. The van der Waals surface area contributed by atoms with Crippen LogP contribution in [-0.2, 0) is 11.3 Å². The van der Waals surface area contributed by atoms with E-state index in [0.717, 1.165) is 48.3 Å². The van der Waals surface area contributed by atoms with E-state index in [1.165, 1.54) is 22.5 Å². The average molecular weight is 446 g/mol. The highest BCUT2D eigenvalue weighted by Gasteiger charge is 2.26. The standard InChI is InChI=1S/C26H24FN3OS/c27-21-8-4-5-18(15-21)17-28-26(31)20-9-12-30(13-10-20)24-16-23(19-6-2-1-3-7-19)29-22-11-14-32-25(22)24/h1-8,11,14-16,20H,9-10,12-13,17H2,(H,28,31). The molecule has 5 rings (SSSR count). The van der Waals surface area contributed by atoms with E-state index in [4.69, 9.17) is 4.98 Å². The average Bonchev–Trinajstić information content (AvgIpc) is 3.31. The van der Waals surface area contributed by atoms with Crippen LogP contribution < -0.4 is 10.2 Å². The molecule has 1 fully saturated rings. The highest BCUT2D eigenvalue weighted by molar-refractivity contribution is 7.17. The lowest BCUT2D eigenvalue weighted by molar-refractivity contribution is -0.125. The summed E-state index contributed by atoms with van der Waals surface area (Å²) in [5.74, 6) is -0.249. The number of rotatable bonds is 5. The molecular weight excluding hydrogens is 421 g/mol. The van der Waals surface area contributed by atoms with Crippen LogP contribution in [0.1, 0.15) is 18.4 Å². The first-order valence-electron chi connectivity index (χ1n) is 10.9. The zero-order valence-electron chi connectivity index (χ0n) is 17.6. The molecule has 4 nitrogen and oxygen atoms in total. The number of nitrogens with one attached hydrogen (secondary N) is 1. The van der Waals surface area contributed by atoms with Gasteiger partial charge in [-0.1, -0.05) is 42.5 Å². The monoisotopic (exact) mass is 445 g/mol. The third kappa shape index (κ3) is 4.36. The van der Waals surface area contributed by atoms with E-state index in [-0.39, 0.29) is 17.6 Å². The minimum atomic E-state index is -0.280. The molecule has 6 heteroatoms. The molecular formula is C26H24FN3OS. The van der Waals surface area contributed by atoms with Crippen molar-refractivity contribution in [3.63, 3.8) is 0 Å². The Morgan fingerprint density at radius 3 is 2.66 bits per heavy atom. The number of piperidine rings is 1. The number of amides is 1. The van der Waals surface area contributed by atoms with Crippen LogP contribution in [0.15, 0.2) is 72.1 Å². The second kappa shape index (κ2) is 9.09. The van der Waals surface area contributed by atoms with Gasteiger partial charge in [0, 0.05) is 31.1 Å². The predicted molar refractivity (Wildman–Crippen MR) is 128 cm³/mol. The van der Waals surface area contributed by atoms with E-state index >= 15 is 0 Å². The fourth-order valence-electron chi connectivity index (χ4n) is 4.29. The summed E-state index contributed by atoms with van der Waals surface area (Å²) in [5, 5.41) is 5.06. The second-order valence-electron chi connectivity index (χ2n) is 8.14. The number of thiophene rings is 1. The lowest BCUT2D eigenvalue weighted by atomic mass is 9.95. The largest absolute Gasteiger partial charge is 0.370 e. The van der Waals surface area contributed by atoms with E-state index < -0.39 is 0 Å². The zero-order chi connectivity index (χ0) is 21.9. The molecule has 2 aromatic carbocycles. The van der Waals surface area contributed by atoms with Crippen molar-refractivity contribution in [3.8, 4) is 11.3 Å². The van der Waals surface area contributed by atoms with Crippen molar-refractivity contribution < 1.29 is 9.18 Å². The van der Waals surface area contributed by atoms with Gasteiger partial charge in [-0.25, -0.2) is 9.37 Å². The van der Waals surface area contributed by atoms with Gasteiger partial charge >= 0.3 is 0 Å². The number of carbonyl (C=O) groups is 1. The molecule has 3 heterocycles. The lowest BCUT2D eigenvalue weighted by Crippen LogP contribution is -2.40. The van der Waals surface area contributed by atoms with Crippen LogP contribution in [-0.4, -0.2) is 24.0 Å². The second-order valence-corrected chi connectivity index (χ2v) is 9.05. The van der Waals surface area contributed by atoms with Crippen molar-refractivity contribution in [2.75, 3.05) is 18.0 Å². The summed E-state index contributed by atoms with van der Waals surface area (Å²) in [7, 11) is 0. The first kappa shape index (κ1) is 20.6. The van der Waals surface area contributed by atoms with Crippen LogP contribution in [0.4, 0.5) is 10.1 Å². The van der Waals surface area contributed by atoms with Crippen molar-refractivity contribution in [1.82, 2.24) is 10.3 Å². The number of fused-ring (bicyclic) bond motifs is 1. The van der Waals surface area contributed by atoms with Crippen molar-refractivity contribution >= 4 is 33.1 Å². The third-order valence-electron chi connectivity index (χ3n) is 6.02. The molecule has 0 radical (unpaired) electrons. The van der Waals surface area contributed by atoms with Crippen molar-refractivity contribution in [2.45, 2.75) is 19.4 Å². The topological polar surface area (TPSA) is 45.2 Å². The summed E-state index contributed by atoms with van der Waals surface area (Å²) in [5.41, 5.74) is 5.07. The summed E-state index contributed by atoms with van der Waals surface area (Å²) in [4.78, 5) is 19.9. The maximum Gasteiger partial charge on any atom is 0.223 e. The number of halogens is 1. The molecule has 0 unspecified atom stereocenters. The van der Waals surface area contributed by atoms with Crippen LogP contribution in [0.5, 0.6) is 0 Å². The fraction of sp³-hybridized carbons (Fsp3) is 0.231. The van der Waals surface area contributed by atoms with Crippen molar-refractivity contribution in [2.24, 2.45) is 5.92 Å². The number of aromatic nitrogens is 1. The Balaban J connectivity index is 1.28. The van der Waals surface area contributed by atoms with Crippen LogP contribution in [0, 0.1) is 11.7 Å². The van der Waals surface area contributed by atoms with Gasteiger partial charge in [-0.3, -0.25) is 4.79 Å². The van der Waals surface area contributed by atoms with Gasteiger partial charge in [-0.05, 0) is 48.1 Å². The normalized spacial score (nSPS) is 14.6. The summed E-state index contributed by atoms with van der Waals surface area (Å²) in [6.07, 6.45) is 1.59. The minimum Gasteiger partial charge on any atom is -0.370 e. The van der Waals surface area contributed by atoms with Gasteiger partial charge in [0.05, 0.1) is 21.6 Å². The van der Waals surface area contributed by atoms with Crippen LogP contribution in [0.3, 0.4) is 0 Å². The van der Waals surface area contributed by atoms with Crippen molar-refractivity contribution in [3.05, 3.63) is 83.5 Å². The van der Waals surface area contributed by atoms with Gasteiger partial charge in [-0.2, -0.15) is 0 Å². The van der Waals surface area contributed by atoms with Gasteiger partial charge in [0.2, 0.25) is 5.91 Å². The van der Waals surface area contributed by atoms with Crippen molar-refractivity contribution in [1.29, 1.82) is 0 Å². The molecule has 0 saturated carbocycles. The van der Waals surface area contributed by atoms with Crippen LogP contribution in [0.2, 0.25) is 0 Å². The summed E-state index contributed by atoms with van der Waals surface area (Å²) < 4.78 is 14.5. The molecule has 2 aromatic heterocycles. The Hall–Kier alpha value is -3.25. The molecule has 4 aromatic rings. The molecule has 1 N–H and O–H groups in total. The maximum absolute atomic E-state index is 13.4. The number of benzene rings is 2. The Morgan fingerprint density at radius 1 is 1.06 bits per heavy atom. The highest BCUT2D eigenvalue weighted by Crippen LogP contribution is 2.36. The minimum absolute atomic E-state index is 0.0194. The molecule has 1 aliphatic rings. The summed E-state index contributed by atoms with van der Waals surface area (Å²) in [6.45, 7) is 2.00. The highest BCUT2D eigenvalue weighted by atomic mass is 32.1. The summed E-state index contributed by atoms with van der Waals surface area (Å²) >= 11 is 1.71. The van der Waals surface area contributed by atoms with Gasteiger partial charge in [-0.15, -0.1) is 11.3 Å². The number of hydrogen-bond acceptors (Lipinski definition) is 4. The Kier molecular flexibility index (Phi) is 5.86. The Labute approximate surface area is 190 Å². The molecule has 0 spiro atoms. The van der Waals surface area contributed by atoms with E-state index in [0.29, 0.717) is 6.54 Å². The molecule has 162 valence electrons. The molecule has 1 saturated heterocycles. The number of nitrogens with zero attached hydrogens (tertiary/aromatic N) is 2. The van der Waals surface area contributed by atoms with Gasteiger partial charge in [0.15, 0.2) is 0 Å². The zero-order valence-corrected chi connectivity index (χ0v) is 18.4. The number of carbonyl (C=O) groups excluding carboxylic acids is 1. The molecule has 0 atom stereocenters. The van der Waals surface area contributed by atoms with E-state index in [1.807, 2.05) is 24.3 Å². The Morgan fingerprint density at radius 2 is 1.88 bits per heavy atom. The molecule has 0 bridgehead atoms. The molecule has 32 heavy (non-hydrogen) atoms. The molecule has 1 amide bonds. The third-order valence-corrected chi connectivity index (χ3v) is 6.95.